The molecular weight excluding hydrogens is 306 g/mol. The number of rotatable bonds is 6. The summed E-state index contributed by atoms with van der Waals surface area (Å²) >= 11 is 0. The zero-order valence-electron chi connectivity index (χ0n) is 13.2. The van der Waals surface area contributed by atoms with Gasteiger partial charge >= 0.3 is 0 Å². The molecule has 24 heavy (non-hydrogen) atoms. The summed E-state index contributed by atoms with van der Waals surface area (Å²) in [5.74, 6) is 0.674. The van der Waals surface area contributed by atoms with Crippen LogP contribution < -0.4 is 5.32 Å². The first kappa shape index (κ1) is 16.0. The third-order valence-corrected chi connectivity index (χ3v) is 3.29. The van der Waals surface area contributed by atoms with Crippen LogP contribution >= 0.6 is 0 Å². The van der Waals surface area contributed by atoms with E-state index in [0.717, 1.165) is 13.0 Å². The van der Waals surface area contributed by atoms with E-state index in [1.165, 1.54) is 0 Å². The third-order valence-electron chi connectivity index (χ3n) is 3.29. The smallest absolute Gasteiger partial charge is 0.221 e. The van der Waals surface area contributed by atoms with Crippen LogP contribution in [0.25, 0.3) is 23.0 Å². The van der Waals surface area contributed by atoms with Crippen molar-refractivity contribution in [3.8, 4) is 23.0 Å². The van der Waals surface area contributed by atoms with Crippen LogP contribution in [0.15, 0.2) is 42.7 Å². The van der Waals surface area contributed by atoms with Crippen LogP contribution in [0.3, 0.4) is 0 Å². The van der Waals surface area contributed by atoms with Crippen LogP contribution in [-0.2, 0) is 0 Å². The maximum atomic E-state index is 9.96. The fourth-order valence-electron chi connectivity index (χ4n) is 2.03. The first-order valence-corrected chi connectivity index (χ1v) is 7.64. The highest BCUT2D eigenvalue weighted by Crippen LogP contribution is 2.15. The highest BCUT2D eigenvalue weighted by atomic mass is 16.3. The summed E-state index contributed by atoms with van der Waals surface area (Å²) in [6.45, 7) is 2.77. The lowest BCUT2D eigenvalue weighted by Crippen LogP contribution is -2.21. The van der Waals surface area contributed by atoms with E-state index in [4.69, 9.17) is 0 Å². The Morgan fingerprint density at radius 2 is 1.67 bits per heavy atom. The van der Waals surface area contributed by atoms with E-state index in [0.29, 0.717) is 28.6 Å². The normalized spacial score (nSPS) is 12.1. The van der Waals surface area contributed by atoms with Crippen molar-refractivity contribution in [2.45, 2.75) is 19.6 Å². The summed E-state index contributed by atoms with van der Waals surface area (Å²) in [6.07, 6.45) is 3.44. The number of nitrogens with one attached hydrogen (secondary N) is 1. The second-order valence-electron chi connectivity index (χ2n) is 5.10. The van der Waals surface area contributed by atoms with Crippen molar-refractivity contribution >= 4 is 0 Å². The molecule has 0 aliphatic carbocycles. The van der Waals surface area contributed by atoms with E-state index >= 15 is 0 Å². The minimum Gasteiger partial charge on any atom is -0.374 e. The second kappa shape index (κ2) is 7.62. The Balaban J connectivity index is 1.75. The predicted molar refractivity (Wildman–Crippen MR) is 87.3 cm³/mol. The molecule has 1 atom stereocenters. The van der Waals surface area contributed by atoms with Crippen LogP contribution in [-0.4, -0.2) is 42.0 Å². The van der Waals surface area contributed by atoms with E-state index in [1.54, 1.807) is 30.6 Å². The minimum atomic E-state index is -0.741. The molecule has 8 nitrogen and oxygen atoms in total. The van der Waals surface area contributed by atoms with E-state index in [-0.39, 0.29) is 0 Å². The number of aliphatic hydroxyl groups excluding tert-OH is 1. The molecule has 1 unspecified atom stereocenters. The molecule has 2 N–H and O–H groups in total. The van der Waals surface area contributed by atoms with Gasteiger partial charge in [-0.15, -0.1) is 20.4 Å². The highest BCUT2D eigenvalue weighted by molar-refractivity contribution is 5.50. The molecule has 0 aromatic carbocycles. The standard InChI is InChI=1S/C16H17N7O/c1-2-8-18-16(24)11-6-7-13(19-10-11)15-22-20-14(21-23-15)12-5-3-4-9-17-12/h3-7,9-10,16,18,24H,2,8H2,1H3. The van der Waals surface area contributed by atoms with Gasteiger partial charge in [0.15, 0.2) is 0 Å². The summed E-state index contributed by atoms with van der Waals surface area (Å²) in [5, 5.41) is 29.1. The molecule has 0 aliphatic rings. The Bertz CT molecular complexity index is 763. The van der Waals surface area contributed by atoms with Gasteiger partial charge in [-0.3, -0.25) is 15.3 Å². The van der Waals surface area contributed by atoms with Gasteiger partial charge in [0.2, 0.25) is 11.6 Å². The minimum absolute atomic E-state index is 0.317. The average molecular weight is 323 g/mol. The number of aliphatic hydroxyl groups is 1. The number of hydrogen-bond donors (Lipinski definition) is 2. The van der Waals surface area contributed by atoms with Crippen LogP contribution in [0, 0.1) is 0 Å². The van der Waals surface area contributed by atoms with E-state index in [9.17, 15) is 5.11 Å². The van der Waals surface area contributed by atoms with Crippen LogP contribution in [0.2, 0.25) is 0 Å². The average Bonchev–Trinajstić information content (AvgIpc) is 2.67. The molecule has 0 bridgehead atoms. The summed E-state index contributed by atoms with van der Waals surface area (Å²) < 4.78 is 0. The summed E-state index contributed by atoms with van der Waals surface area (Å²) in [5.41, 5.74) is 1.82. The number of aromatic nitrogens is 6. The van der Waals surface area contributed by atoms with Gasteiger partial charge < -0.3 is 5.11 Å². The van der Waals surface area contributed by atoms with Crippen molar-refractivity contribution < 1.29 is 5.11 Å². The zero-order chi connectivity index (χ0) is 16.8. The van der Waals surface area contributed by atoms with Crippen molar-refractivity contribution in [1.29, 1.82) is 0 Å². The van der Waals surface area contributed by atoms with Gasteiger partial charge in [0.1, 0.15) is 17.6 Å². The van der Waals surface area contributed by atoms with Gasteiger partial charge in [-0.1, -0.05) is 19.1 Å². The van der Waals surface area contributed by atoms with Gasteiger partial charge in [0, 0.05) is 18.0 Å². The second-order valence-corrected chi connectivity index (χ2v) is 5.10. The zero-order valence-corrected chi connectivity index (χ0v) is 13.2. The topological polar surface area (TPSA) is 110 Å². The van der Waals surface area contributed by atoms with Crippen molar-refractivity contribution in [1.82, 2.24) is 35.7 Å². The molecule has 122 valence electrons. The Morgan fingerprint density at radius 3 is 2.21 bits per heavy atom. The molecule has 3 aromatic rings. The first-order chi connectivity index (χ1) is 11.8. The maximum Gasteiger partial charge on any atom is 0.221 e. The van der Waals surface area contributed by atoms with Gasteiger partial charge in [-0.05, 0) is 31.2 Å². The SMILES string of the molecule is CCCNC(O)c1ccc(-c2nnc(-c3ccccn3)nn2)nc1. The molecule has 0 radical (unpaired) electrons. The molecule has 0 spiro atoms. The largest absolute Gasteiger partial charge is 0.374 e. The molecule has 3 aromatic heterocycles. The van der Waals surface area contributed by atoms with Gasteiger partial charge in [0.05, 0.1) is 0 Å². The molecule has 8 heteroatoms. The molecule has 0 saturated carbocycles. The van der Waals surface area contributed by atoms with E-state index in [2.05, 4.69) is 35.7 Å². The lowest BCUT2D eigenvalue weighted by molar-refractivity contribution is 0.139. The van der Waals surface area contributed by atoms with E-state index in [1.807, 2.05) is 19.1 Å². The van der Waals surface area contributed by atoms with Crippen LogP contribution in [0.4, 0.5) is 0 Å². The number of nitrogens with zero attached hydrogens (tertiary/aromatic N) is 6. The van der Waals surface area contributed by atoms with E-state index < -0.39 is 6.23 Å². The predicted octanol–water partition coefficient (Wildman–Crippen LogP) is 1.38. The number of pyridine rings is 2. The fourth-order valence-corrected chi connectivity index (χ4v) is 2.03. The van der Waals surface area contributed by atoms with Crippen molar-refractivity contribution in [3.63, 3.8) is 0 Å². The molecule has 0 fully saturated rings. The number of hydrogen-bond acceptors (Lipinski definition) is 8. The Hall–Kier alpha value is -2.84. The monoisotopic (exact) mass is 323 g/mol. The first-order valence-electron chi connectivity index (χ1n) is 7.64. The summed E-state index contributed by atoms with van der Waals surface area (Å²) in [4.78, 5) is 8.41. The Kier molecular flexibility index (Phi) is 5.09. The molecule has 3 heterocycles. The van der Waals surface area contributed by atoms with Gasteiger partial charge in [0.25, 0.3) is 0 Å². The molecular formula is C16H17N7O. The lowest BCUT2D eigenvalue weighted by Gasteiger charge is -2.12. The molecule has 0 amide bonds. The van der Waals surface area contributed by atoms with Gasteiger partial charge in [-0.2, -0.15) is 0 Å². The summed E-state index contributed by atoms with van der Waals surface area (Å²) in [7, 11) is 0. The molecule has 3 rings (SSSR count). The fraction of sp³-hybridized carbons (Fsp3) is 0.250. The van der Waals surface area contributed by atoms with Gasteiger partial charge in [-0.25, -0.2) is 0 Å². The Labute approximate surface area is 139 Å². The molecule has 0 aliphatic heterocycles. The summed E-state index contributed by atoms with van der Waals surface area (Å²) in [6, 6.07) is 8.94. The third kappa shape index (κ3) is 3.73. The van der Waals surface area contributed by atoms with Crippen molar-refractivity contribution in [2.24, 2.45) is 0 Å². The quantitative estimate of drug-likeness (QED) is 0.655. The van der Waals surface area contributed by atoms with Crippen LogP contribution in [0.1, 0.15) is 25.1 Å². The Morgan fingerprint density at radius 1 is 0.958 bits per heavy atom. The molecule has 0 saturated heterocycles. The maximum absolute atomic E-state index is 9.96. The lowest BCUT2D eigenvalue weighted by atomic mass is 10.2. The van der Waals surface area contributed by atoms with Crippen molar-refractivity contribution in [3.05, 3.63) is 48.3 Å². The van der Waals surface area contributed by atoms with Crippen LogP contribution in [0.5, 0.6) is 0 Å². The van der Waals surface area contributed by atoms with Crippen molar-refractivity contribution in [2.75, 3.05) is 6.54 Å². The highest BCUT2D eigenvalue weighted by Gasteiger charge is 2.10.